The molecule has 2 bridgehead atoms. The van der Waals surface area contributed by atoms with Crippen molar-refractivity contribution in [3.05, 3.63) is 70.3 Å². The fourth-order valence-corrected chi connectivity index (χ4v) is 8.42. The normalized spacial score (nSPS) is 29.7. The number of ether oxygens (including phenoxy) is 2. The lowest BCUT2D eigenvalue weighted by molar-refractivity contribution is -0.0257. The fraction of sp³-hybridized carbons (Fsp3) is 0.531. The predicted octanol–water partition coefficient (Wildman–Crippen LogP) is 4.63. The zero-order valence-electron chi connectivity index (χ0n) is 23.8. The first-order valence-electron chi connectivity index (χ1n) is 15.0. The van der Waals surface area contributed by atoms with E-state index in [0.717, 1.165) is 49.4 Å². The quantitative estimate of drug-likeness (QED) is 0.486. The number of hydrogen-bond acceptors (Lipinski definition) is 7. The van der Waals surface area contributed by atoms with Gasteiger partial charge in [0.25, 0.3) is 5.91 Å². The maximum absolute atomic E-state index is 13.1. The van der Waals surface area contributed by atoms with E-state index in [-0.39, 0.29) is 36.4 Å². The van der Waals surface area contributed by atoms with Gasteiger partial charge in [-0.05, 0) is 98.2 Å². The second kappa shape index (κ2) is 12.2. The molecule has 1 fully saturated rings. The number of benzene rings is 2. The molecule has 2 N–H and O–H groups in total. The number of amides is 1. The Labute approximate surface area is 253 Å². The Morgan fingerprint density at radius 3 is 2.86 bits per heavy atom. The minimum Gasteiger partial charge on any atom is -0.490 e. The molecule has 42 heavy (non-hydrogen) atoms. The molecule has 2 heterocycles. The molecule has 0 saturated heterocycles. The Morgan fingerprint density at radius 2 is 2.05 bits per heavy atom. The zero-order valence-corrected chi connectivity index (χ0v) is 25.3. The standard InChI is InChI=1S/C32H39ClN2O6S/c33-25-9-11-27-22(17-25)5-4-13-32(27)20-35-19-24-7-10-26(24)29(40-15-14-36)6-2-1-3-16-42(38,39)34-31(37)23-8-12-30(41-21-32)28(35)18-23/h2,6,8-9,11-12,17-18,24,26,29,36H,1,3-5,7,10,13-16,19-21H2,(H,34,37)/b6-2-/t24-,26+,29+,32-/m0/s1. The summed E-state index contributed by atoms with van der Waals surface area (Å²) in [4.78, 5) is 15.5. The number of sulfonamides is 1. The third kappa shape index (κ3) is 6.07. The summed E-state index contributed by atoms with van der Waals surface area (Å²) < 4.78 is 40.3. The highest BCUT2D eigenvalue weighted by Gasteiger charge is 2.44. The molecule has 2 aromatic rings. The largest absolute Gasteiger partial charge is 0.490 e. The molecule has 2 aromatic carbocycles. The van der Waals surface area contributed by atoms with E-state index in [1.165, 1.54) is 11.1 Å². The van der Waals surface area contributed by atoms with Crippen molar-refractivity contribution in [2.24, 2.45) is 11.8 Å². The molecule has 0 radical (unpaired) electrons. The molecule has 0 unspecified atom stereocenters. The van der Waals surface area contributed by atoms with Gasteiger partial charge in [-0.1, -0.05) is 29.8 Å². The molecule has 2 aliphatic heterocycles. The molecule has 8 nitrogen and oxygen atoms in total. The maximum Gasteiger partial charge on any atom is 0.264 e. The van der Waals surface area contributed by atoms with Crippen LogP contribution >= 0.6 is 11.6 Å². The van der Waals surface area contributed by atoms with E-state index in [9.17, 15) is 18.3 Å². The van der Waals surface area contributed by atoms with Gasteiger partial charge in [0, 0.05) is 29.1 Å². The molecule has 1 saturated carbocycles. The van der Waals surface area contributed by atoms with Gasteiger partial charge in [0.15, 0.2) is 0 Å². The molecule has 0 aromatic heterocycles. The number of halogens is 1. The number of allylic oxidation sites excluding steroid dienone is 1. The van der Waals surface area contributed by atoms with Gasteiger partial charge in [0.05, 0.1) is 37.4 Å². The fourth-order valence-electron chi connectivity index (χ4n) is 7.18. The van der Waals surface area contributed by atoms with Crippen LogP contribution in [0.3, 0.4) is 0 Å². The third-order valence-corrected chi connectivity index (χ3v) is 11.0. The number of carbonyl (C=O) groups is 1. The van der Waals surface area contributed by atoms with Crippen LogP contribution in [0.4, 0.5) is 5.69 Å². The highest BCUT2D eigenvalue weighted by molar-refractivity contribution is 7.90. The van der Waals surface area contributed by atoms with Gasteiger partial charge in [-0.15, -0.1) is 0 Å². The number of hydrogen-bond donors (Lipinski definition) is 2. The van der Waals surface area contributed by atoms with Crippen molar-refractivity contribution in [1.29, 1.82) is 0 Å². The van der Waals surface area contributed by atoms with E-state index in [4.69, 9.17) is 21.1 Å². The average molecular weight is 615 g/mol. The summed E-state index contributed by atoms with van der Waals surface area (Å²) >= 11 is 6.39. The van der Waals surface area contributed by atoms with E-state index < -0.39 is 15.9 Å². The van der Waals surface area contributed by atoms with Crippen LogP contribution in [0.25, 0.3) is 0 Å². The second-order valence-electron chi connectivity index (χ2n) is 12.2. The number of aliphatic hydroxyl groups excluding tert-OH is 1. The van der Waals surface area contributed by atoms with Gasteiger partial charge in [0.1, 0.15) is 5.75 Å². The molecule has 226 valence electrons. The van der Waals surface area contributed by atoms with Crippen molar-refractivity contribution < 1.29 is 27.8 Å². The highest BCUT2D eigenvalue weighted by Crippen LogP contribution is 2.47. The average Bonchev–Trinajstić information content (AvgIpc) is 3.09. The third-order valence-electron chi connectivity index (χ3n) is 9.41. The van der Waals surface area contributed by atoms with E-state index in [2.05, 4.69) is 21.8 Å². The topological polar surface area (TPSA) is 105 Å². The second-order valence-corrected chi connectivity index (χ2v) is 14.4. The van der Waals surface area contributed by atoms with Crippen molar-refractivity contribution in [3.63, 3.8) is 0 Å². The van der Waals surface area contributed by atoms with Crippen LogP contribution in [-0.2, 0) is 26.6 Å². The Morgan fingerprint density at radius 1 is 1.17 bits per heavy atom. The van der Waals surface area contributed by atoms with Crippen LogP contribution in [-0.4, -0.2) is 64.2 Å². The summed E-state index contributed by atoms with van der Waals surface area (Å²) in [5, 5.41) is 10.2. The van der Waals surface area contributed by atoms with Gasteiger partial charge in [0.2, 0.25) is 10.0 Å². The van der Waals surface area contributed by atoms with Gasteiger partial charge >= 0.3 is 0 Å². The molecular weight excluding hydrogens is 576 g/mol. The first-order valence-corrected chi connectivity index (χ1v) is 17.0. The first-order chi connectivity index (χ1) is 20.3. The molecule has 6 rings (SSSR count). The lowest BCUT2D eigenvalue weighted by atomic mass is 9.68. The van der Waals surface area contributed by atoms with Crippen LogP contribution in [0.5, 0.6) is 5.75 Å². The summed E-state index contributed by atoms with van der Waals surface area (Å²) in [6.45, 7) is 2.17. The molecule has 4 atom stereocenters. The van der Waals surface area contributed by atoms with Gasteiger partial charge in [-0.3, -0.25) is 4.79 Å². The number of anilines is 1. The number of carbonyl (C=O) groups excluding carboxylic acids is 1. The molecule has 2 aliphatic carbocycles. The summed E-state index contributed by atoms with van der Waals surface area (Å²) in [5.74, 6) is 0.536. The first kappa shape index (κ1) is 29.5. The molecule has 1 spiro atoms. The van der Waals surface area contributed by atoms with Gasteiger partial charge < -0.3 is 19.5 Å². The lowest BCUT2D eigenvalue weighted by Crippen LogP contribution is -2.49. The number of aryl methyl sites for hydroxylation is 1. The summed E-state index contributed by atoms with van der Waals surface area (Å²) in [7, 11) is -3.80. The molecule has 4 aliphatic rings. The van der Waals surface area contributed by atoms with Crippen molar-refractivity contribution in [3.8, 4) is 5.75 Å². The van der Waals surface area contributed by atoms with E-state index in [0.29, 0.717) is 43.2 Å². The van der Waals surface area contributed by atoms with E-state index >= 15 is 0 Å². The van der Waals surface area contributed by atoms with Crippen molar-refractivity contribution in [2.45, 2.75) is 56.5 Å². The number of fused-ring (bicyclic) bond motifs is 4. The highest BCUT2D eigenvalue weighted by atomic mass is 35.5. The number of aliphatic hydroxyl groups is 1. The zero-order chi connectivity index (χ0) is 29.3. The maximum atomic E-state index is 13.1. The molecular formula is C32H39ClN2O6S. The summed E-state index contributed by atoms with van der Waals surface area (Å²) in [6.07, 6.45) is 9.85. The van der Waals surface area contributed by atoms with Gasteiger partial charge in [-0.25, -0.2) is 13.1 Å². The van der Waals surface area contributed by atoms with Gasteiger partial charge in [-0.2, -0.15) is 0 Å². The minimum absolute atomic E-state index is 0.0504. The Hall–Kier alpha value is -2.59. The van der Waals surface area contributed by atoms with Crippen molar-refractivity contribution in [1.82, 2.24) is 4.72 Å². The smallest absolute Gasteiger partial charge is 0.264 e. The molecule has 10 heteroatoms. The SMILES string of the molecule is O=C1NS(=O)(=O)CCC/C=C\[C@@H](OCCO)[C@@H]2CC[C@H]2CN2C[C@@]3(CCCc4cc(Cl)ccc43)COc3ccc1cc32. The van der Waals surface area contributed by atoms with Crippen LogP contribution in [0.1, 0.15) is 60.0 Å². The Balaban J connectivity index is 1.41. The minimum atomic E-state index is -3.80. The summed E-state index contributed by atoms with van der Waals surface area (Å²) in [6, 6.07) is 11.4. The van der Waals surface area contributed by atoms with Crippen LogP contribution in [0, 0.1) is 11.8 Å². The molecule has 1 amide bonds. The number of rotatable bonds is 3. The van der Waals surface area contributed by atoms with E-state index in [1.807, 2.05) is 18.2 Å². The lowest BCUT2D eigenvalue weighted by Gasteiger charge is -2.46. The number of nitrogens with one attached hydrogen (secondary N) is 1. The Kier molecular flexibility index (Phi) is 8.56. The van der Waals surface area contributed by atoms with Crippen molar-refractivity contribution in [2.75, 3.05) is 43.6 Å². The number of nitrogens with zero attached hydrogens (tertiary/aromatic N) is 1. The van der Waals surface area contributed by atoms with Crippen LogP contribution < -0.4 is 14.4 Å². The summed E-state index contributed by atoms with van der Waals surface area (Å²) in [5.41, 5.74) is 3.36. The van der Waals surface area contributed by atoms with Crippen LogP contribution in [0.15, 0.2) is 48.6 Å². The van der Waals surface area contributed by atoms with Crippen molar-refractivity contribution >= 4 is 33.2 Å². The van der Waals surface area contributed by atoms with E-state index in [1.54, 1.807) is 18.2 Å². The van der Waals surface area contributed by atoms with Crippen LogP contribution in [0.2, 0.25) is 5.02 Å². The monoisotopic (exact) mass is 614 g/mol. The predicted molar refractivity (Wildman–Crippen MR) is 163 cm³/mol. The Bertz CT molecular complexity index is 1460.